The Labute approximate surface area is 112 Å². The zero-order valence-corrected chi connectivity index (χ0v) is 11.3. The molecule has 4 heteroatoms. The quantitative estimate of drug-likeness (QED) is 0.814. The van der Waals surface area contributed by atoms with Crippen LogP contribution in [0.3, 0.4) is 0 Å². The molecular weight excluding hydrogens is 244 g/mol. The molecule has 2 aromatic rings. The molecule has 0 spiro atoms. The number of rotatable bonds is 6. The summed E-state index contributed by atoms with van der Waals surface area (Å²) in [5.41, 5.74) is 6.38. The van der Waals surface area contributed by atoms with Crippen molar-refractivity contribution in [3.05, 3.63) is 46.7 Å². The first-order valence-corrected chi connectivity index (χ1v) is 6.81. The van der Waals surface area contributed by atoms with Crippen molar-refractivity contribution in [1.29, 1.82) is 0 Å². The van der Waals surface area contributed by atoms with Gasteiger partial charge in [-0.1, -0.05) is 6.07 Å². The van der Waals surface area contributed by atoms with Gasteiger partial charge in [0.1, 0.15) is 12.4 Å². The van der Waals surface area contributed by atoms with E-state index in [1.807, 2.05) is 24.3 Å². The number of benzene rings is 1. The first-order chi connectivity index (χ1) is 8.74. The Hall–Kier alpha value is -1.52. The standard InChI is InChI=1S/C14H18N2OS/c1-16(11-14-3-2-10-18-14)8-9-17-13-6-4-12(15)5-7-13/h2-7,10H,8-9,11,15H2,1H3. The number of likely N-dealkylation sites (N-methyl/N-ethyl adjacent to an activating group) is 1. The molecule has 0 bridgehead atoms. The van der Waals surface area contributed by atoms with Crippen LogP contribution in [0.15, 0.2) is 41.8 Å². The Bertz CT molecular complexity index is 453. The van der Waals surface area contributed by atoms with Gasteiger partial charge >= 0.3 is 0 Å². The van der Waals surface area contributed by atoms with Crippen LogP contribution in [0.5, 0.6) is 5.75 Å². The van der Waals surface area contributed by atoms with Crippen molar-refractivity contribution in [1.82, 2.24) is 4.90 Å². The average Bonchev–Trinajstić information content (AvgIpc) is 2.84. The van der Waals surface area contributed by atoms with E-state index in [1.165, 1.54) is 4.88 Å². The summed E-state index contributed by atoms with van der Waals surface area (Å²) in [4.78, 5) is 3.63. The lowest BCUT2D eigenvalue weighted by molar-refractivity contribution is 0.234. The lowest BCUT2D eigenvalue weighted by Crippen LogP contribution is -2.23. The van der Waals surface area contributed by atoms with E-state index in [0.29, 0.717) is 6.61 Å². The molecule has 0 aliphatic rings. The Morgan fingerprint density at radius 1 is 1.22 bits per heavy atom. The number of hydrogen-bond acceptors (Lipinski definition) is 4. The minimum absolute atomic E-state index is 0.686. The molecule has 18 heavy (non-hydrogen) atoms. The molecule has 0 saturated carbocycles. The molecule has 0 aliphatic carbocycles. The average molecular weight is 262 g/mol. The number of nitrogens with zero attached hydrogens (tertiary/aromatic N) is 1. The molecule has 0 fully saturated rings. The highest BCUT2D eigenvalue weighted by Crippen LogP contribution is 2.13. The topological polar surface area (TPSA) is 38.5 Å². The van der Waals surface area contributed by atoms with Crippen molar-refractivity contribution in [3.8, 4) is 5.75 Å². The predicted octanol–water partition coefficient (Wildman–Crippen LogP) is 2.84. The van der Waals surface area contributed by atoms with Gasteiger partial charge < -0.3 is 10.5 Å². The third-order valence-electron chi connectivity index (χ3n) is 2.63. The Kier molecular flexibility index (Phi) is 4.61. The maximum atomic E-state index is 5.66. The maximum Gasteiger partial charge on any atom is 0.119 e. The van der Waals surface area contributed by atoms with E-state index in [2.05, 4.69) is 29.5 Å². The molecule has 0 atom stereocenters. The summed E-state index contributed by atoms with van der Waals surface area (Å²) in [5.74, 6) is 0.869. The molecule has 3 nitrogen and oxygen atoms in total. The minimum Gasteiger partial charge on any atom is -0.492 e. The van der Waals surface area contributed by atoms with Gasteiger partial charge in [0.2, 0.25) is 0 Å². The monoisotopic (exact) mass is 262 g/mol. The minimum atomic E-state index is 0.686. The fourth-order valence-electron chi connectivity index (χ4n) is 1.63. The van der Waals surface area contributed by atoms with Gasteiger partial charge in [-0.3, -0.25) is 4.90 Å². The van der Waals surface area contributed by atoms with Crippen LogP contribution in [0.25, 0.3) is 0 Å². The van der Waals surface area contributed by atoms with Crippen molar-refractivity contribution in [2.45, 2.75) is 6.54 Å². The lowest BCUT2D eigenvalue weighted by atomic mass is 10.3. The highest BCUT2D eigenvalue weighted by atomic mass is 32.1. The lowest BCUT2D eigenvalue weighted by Gasteiger charge is -2.16. The smallest absolute Gasteiger partial charge is 0.119 e. The van der Waals surface area contributed by atoms with E-state index in [9.17, 15) is 0 Å². The third kappa shape index (κ3) is 4.05. The summed E-state index contributed by atoms with van der Waals surface area (Å²) in [5, 5.41) is 2.11. The Morgan fingerprint density at radius 3 is 2.67 bits per heavy atom. The van der Waals surface area contributed by atoms with Crippen LogP contribution < -0.4 is 10.5 Å². The van der Waals surface area contributed by atoms with Crippen LogP contribution in [0, 0.1) is 0 Å². The van der Waals surface area contributed by atoms with Crippen molar-refractivity contribution in [2.24, 2.45) is 0 Å². The molecule has 0 saturated heterocycles. The van der Waals surface area contributed by atoms with E-state index in [1.54, 1.807) is 11.3 Å². The summed E-state index contributed by atoms with van der Waals surface area (Å²) in [7, 11) is 2.10. The number of nitrogen functional groups attached to an aromatic ring is 1. The molecule has 0 radical (unpaired) electrons. The van der Waals surface area contributed by atoms with Crippen LogP contribution in [-0.4, -0.2) is 25.1 Å². The van der Waals surface area contributed by atoms with E-state index >= 15 is 0 Å². The summed E-state index contributed by atoms with van der Waals surface area (Å²) < 4.78 is 5.66. The molecule has 2 rings (SSSR count). The summed E-state index contributed by atoms with van der Waals surface area (Å²) in [6.07, 6.45) is 0. The number of ether oxygens (including phenoxy) is 1. The van der Waals surface area contributed by atoms with Crippen molar-refractivity contribution in [3.63, 3.8) is 0 Å². The molecule has 1 aromatic heterocycles. The largest absolute Gasteiger partial charge is 0.492 e. The molecule has 1 heterocycles. The number of nitrogens with two attached hydrogens (primary N) is 1. The van der Waals surface area contributed by atoms with Gasteiger partial charge in [-0.15, -0.1) is 11.3 Å². The highest BCUT2D eigenvalue weighted by molar-refractivity contribution is 7.09. The molecule has 96 valence electrons. The van der Waals surface area contributed by atoms with Crippen molar-refractivity contribution >= 4 is 17.0 Å². The predicted molar refractivity (Wildman–Crippen MR) is 77.0 cm³/mol. The second kappa shape index (κ2) is 6.42. The van der Waals surface area contributed by atoms with E-state index in [4.69, 9.17) is 10.5 Å². The summed E-state index contributed by atoms with van der Waals surface area (Å²) in [6, 6.07) is 11.7. The second-order valence-electron chi connectivity index (χ2n) is 4.23. The van der Waals surface area contributed by atoms with Crippen molar-refractivity contribution in [2.75, 3.05) is 25.9 Å². The Balaban J connectivity index is 1.70. The summed E-state index contributed by atoms with van der Waals surface area (Å²) in [6.45, 7) is 2.57. The first-order valence-electron chi connectivity index (χ1n) is 5.93. The van der Waals surface area contributed by atoms with Gasteiger partial charge in [-0.05, 0) is 42.8 Å². The van der Waals surface area contributed by atoms with Crippen LogP contribution in [0.2, 0.25) is 0 Å². The van der Waals surface area contributed by atoms with E-state index in [0.717, 1.165) is 24.5 Å². The summed E-state index contributed by atoms with van der Waals surface area (Å²) >= 11 is 1.79. The maximum absolute atomic E-state index is 5.66. The number of anilines is 1. The molecule has 0 amide bonds. The number of thiophene rings is 1. The first kappa shape index (κ1) is 12.9. The van der Waals surface area contributed by atoms with E-state index < -0.39 is 0 Å². The van der Waals surface area contributed by atoms with E-state index in [-0.39, 0.29) is 0 Å². The molecule has 1 aromatic carbocycles. The fourth-order valence-corrected chi connectivity index (χ4v) is 2.42. The van der Waals surface area contributed by atoms with Crippen LogP contribution >= 0.6 is 11.3 Å². The van der Waals surface area contributed by atoms with Crippen molar-refractivity contribution < 1.29 is 4.74 Å². The zero-order valence-electron chi connectivity index (χ0n) is 10.5. The number of hydrogen-bond donors (Lipinski definition) is 1. The third-order valence-corrected chi connectivity index (χ3v) is 3.49. The van der Waals surface area contributed by atoms with Gasteiger partial charge in [-0.25, -0.2) is 0 Å². The molecule has 0 unspecified atom stereocenters. The molecular formula is C14H18N2OS. The van der Waals surface area contributed by atoms with Crippen LogP contribution in [0.4, 0.5) is 5.69 Å². The van der Waals surface area contributed by atoms with Gasteiger partial charge in [0.15, 0.2) is 0 Å². The molecule has 0 aliphatic heterocycles. The highest BCUT2D eigenvalue weighted by Gasteiger charge is 2.01. The fraction of sp³-hybridized carbons (Fsp3) is 0.286. The van der Waals surface area contributed by atoms with Gasteiger partial charge in [-0.2, -0.15) is 0 Å². The SMILES string of the molecule is CN(CCOc1ccc(N)cc1)Cc1cccs1. The molecule has 2 N–H and O–H groups in total. The Morgan fingerprint density at radius 2 is 2.00 bits per heavy atom. The van der Waals surface area contributed by atoms with Gasteiger partial charge in [0.25, 0.3) is 0 Å². The van der Waals surface area contributed by atoms with Gasteiger partial charge in [0.05, 0.1) is 0 Å². The normalized spacial score (nSPS) is 10.8. The zero-order chi connectivity index (χ0) is 12.8. The van der Waals surface area contributed by atoms with Crippen LogP contribution in [-0.2, 0) is 6.54 Å². The van der Waals surface area contributed by atoms with Crippen LogP contribution in [0.1, 0.15) is 4.88 Å². The van der Waals surface area contributed by atoms with Gasteiger partial charge in [0, 0.05) is 23.7 Å². The second-order valence-corrected chi connectivity index (χ2v) is 5.27.